The molecule has 4 heteroatoms. The predicted octanol–water partition coefficient (Wildman–Crippen LogP) is 2.72. The molecule has 1 aliphatic rings. The maximum absolute atomic E-state index is 6.48. The molecule has 0 bridgehead atoms. The normalized spacial score (nSPS) is 27.1. The number of likely N-dealkylation sites (tertiary alicyclic amines) is 1. The molecule has 1 fully saturated rings. The maximum Gasteiger partial charge on any atom is 0.0596 e. The lowest BCUT2D eigenvalue weighted by molar-refractivity contribution is 0.192. The van der Waals surface area contributed by atoms with Crippen LogP contribution in [-0.4, -0.2) is 49.1 Å². The summed E-state index contributed by atoms with van der Waals surface area (Å²) in [7, 11) is 4.38. The van der Waals surface area contributed by atoms with Gasteiger partial charge in [-0.1, -0.05) is 13.8 Å². The lowest BCUT2D eigenvalue weighted by Gasteiger charge is -2.32. The Morgan fingerprint density at radius 2 is 2.15 bits per heavy atom. The van der Waals surface area contributed by atoms with Crippen LogP contribution in [0.2, 0.25) is 0 Å². The zero-order chi connectivity index (χ0) is 14.9. The largest absolute Gasteiger partial charge is 0.326 e. The van der Waals surface area contributed by atoms with E-state index < -0.39 is 0 Å². The van der Waals surface area contributed by atoms with Crippen molar-refractivity contribution in [2.75, 3.05) is 27.2 Å². The van der Waals surface area contributed by atoms with Crippen molar-refractivity contribution < 1.29 is 0 Å². The number of rotatable bonds is 5. The Kier molecular flexibility index (Phi) is 5.24. The third-order valence-corrected chi connectivity index (χ3v) is 5.79. The van der Waals surface area contributed by atoms with E-state index in [2.05, 4.69) is 56.1 Å². The SMILES string of the molecule is CCC(N)C(c1sccc1C)N1CC(C)C(N(C)C)C1. The molecule has 2 heterocycles. The molecule has 0 saturated carbocycles. The van der Waals surface area contributed by atoms with Crippen molar-refractivity contribution in [3.63, 3.8) is 0 Å². The highest BCUT2D eigenvalue weighted by atomic mass is 32.1. The van der Waals surface area contributed by atoms with Gasteiger partial charge in [-0.15, -0.1) is 11.3 Å². The molecule has 1 aliphatic heterocycles. The van der Waals surface area contributed by atoms with Crippen LogP contribution < -0.4 is 5.73 Å². The summed E-state index contributed by atoms with van der Waals surface area (Å²) in [5, 5.41) is 2.20. The monoisotopic (exact) mass is 295 g/mol. The molecule has 20 heavy (non-hydrogen) atoms. The third kappa shape index (κ3) is 3.08. The van der Waals surface area contributed by atoms with Crippen LogP contribution in [-0.2, 0) is 0 Å². The molecular formula is C16H29N3S. The van der Waals surface area contributed by atoms with Crippen LogP contribution in [0.4, 0.5) is 0 Å². The highest BCUT2D eigenvalue weighted by Gasteiger charge is 2.37. The lowest BCUT2D eigenvalue weighted by Crippen LogP contribution is -2.41. The highest BCUT2D eigenvalue weighted by Crippen LogP contribution is 2.36. The van der Waals surface area contributed by atoms with Gasteiger partial charge in [-0.05, 0) is 50.4 Å². The van der Waals surface area contributed by atoms with E-state index in [4.69, 9.17) is 5.73 Å². The van der Waals surface area contributed by atoms with E-state index in [-0.39, 0.29) is 6.04 Å². The van der Waals surface area contributed by atoms with Gasteiger partial charge in [0.15, 0.2) is 0 Å². The molecular weight excluding hydrogens is 266 g/mol. The van der Waals surface area contributed by atoms with Crippen LogP contribution in [0.3, 0.4) is 0 Å². The summed E-state index contributed by atoms with van der Waals surface area (Å²) in [5.74, 6) is 0.705. The first kappa shape index (κ1) is 16.0. The van der Waals surface area contributed by atoms with Gasteiger partial charge in [0.1, 0.15) is 0 Å². The molecule has 2 N–H and O–H groups in total. The number of hydrogen-bond donors (Lipinski definition) is 1. The number of nitrogens with zero attached hydrogens (tertiary/aromatic N) is 2. The molecule has 0 radical (unpaired) electrons. The predicted molar refractivity (Wildman–Crippen MR) is 88.3 cm³/mol. The maximum atomic E-state index is 6.48. The summed E-state index contributed by atoms with van der Waals surface area (Å²) in [6.07, 6.45) is 1.03. The van der Waals surface area contributed by atoms with Crippen LogP contribution in [0, 0.1) is 12.8 Å². The van der Waals surface area contributed by atoms with E-state index >= 15 is 0 Å². The first-order chi connectivity index (χ1) is 9.45. The third-order valence-electron chi connectivity index (χ3n) is 4.70. The van der Waals surface area contributed by atoms with Crippen molar-refractivity contribution in [1.82, 2.24) is 9.80 Å². The van der Waals surface area contributed by atoms with Crippen LogP contribution in [0.15, 0.2) is 11.4 Å². The second-order valence-electron chi connectivity index (χ2n) is 6.45. The Hall–Kier alpha value is -0.420. The topological polar surface area (TPSA) is 32.5 Å². The van der Waals surface area contributed by atoms with Gasteiger partial charge in [0.25, 0.3) is 0 Å². The summed E-state index contributed by atoms with van der Waals surface area (Å²) in [5.41, 5.74) is 7.87. The molecule has 0 amide bonds. The van der Waals surface area contributed by atoms with Crippen LogP contribution in [0.25, 0.3) is 0 Å². The Morgan fingerprint density at radius 1 is 1.45 bits per heavy atom. The first-order valence-electron chi connectivity index (χ1n) is 7.65. The zero-order valence-corrected chi connectivity index (χ0v) is 14.3. The minimum Gasteiger partial charge on any atom is -0.326 e. The smallest absolute Gasteiger partial charge is 0.0596 e. The van der Waals surface area contributed by atoms with Gasteiger partial charge in [-0.3, -0.25) is 4.90 Å². The van der Waals surface area contributed by atoms with Gasteiger partial charge >= 0.3 is 0 Å². The number of likely N-dealkylation sites (N-methyl/N-ethyl adjacent to an activating group) is 1. The summed E-state index contributed by atoms with van der Waals surface area (Å²) in [6.45, 7) is 9.05. The Bertz CT molecular complexity index is 429. The van der Waals surface area contributed by atoms with Crippen molar-refractivity contribution in [2.45, 2.75) is 45.3 Å². The lowest BCUT2D eigenvalue weighted by atomic mass is 10.0. The van der Waals surface area contributed by atoms with Crippen molar-refractivity contribution in [2.24, 2.45) is 11.7 Å². The van der Waals surface area contributed by atoms with E-state index in [9.17, 15) is 0 Å². The molecule has 2 rings (SSSR count). The molecule has 0 spiro atoms. The van der Waals surface area contributed by atoms with Gasteiger partial charge in [-0.2, -0.15) is 0 Å². The number of thiophene rings is 1. The van der Waals surface area contributed by atoms with E-state index in [1.54, 1.807) is 0 Å². The highest BCUT2D eigenvalue weighted by molar-refractivity contribution is 7.10. The summed E-state index contributed by atoms with van der Waals surface area (Å²) >= 11 is 1.86. The van der Waals surface area contributed by atoms with Crippen molar-refractivity contribution >= 4 is 11.3 Å². The molecule has 3 nitrogen and oxygen atoms in total. The molecule has 114 valence electrons. The van der Waals surface area contributed by atoms with Gasteiger partial charge in [0, 0.05) is 30.1 Å². The number of hydrogen-bond acceptors (Lipinski definition) is 4. The van der Waals surface area contributed by atoms with E-state index in [0.29, 0.717) is 18.0 Å². The molecule has 1 aromatic heterocycles. The molecule has 0 aliphatic carbocycles. The van der Waals surface area contributed by atoms with Gasteiger partial charge in [-0.25, -0.2) is 0 Å². The van der Waals surface area contributed by atoms with Crippen LogP contribution in [0.1, 0.15) is 36.8 Å². The first-order valence-corrected chi connectivity index (χ1v) is 8.53. The average Bonchev–Trinajstić information content (AvgIpc) is 2.97. The quantitative estimate of drug-likeness (QED) is 0.906. The van der Waals surface area contributed by atoms with Crippen molar-refractivity contribution in [3.05, 3.63) is 21.9 Å². The van der Waals surface area contributed by atoms with Crippen LogP contribution in [0.5, 0.6) is 0 Å². The minimum absolute atomic E-state index is 0.223. The second kappa shape index (κ2) is 6.56. The molecule has 4 unspecified atom stereocenters. The summed E-state index contributed by atoms with van der Waals surface area (Å²) < 4.78 is 0. The molecule has 1 saturated heterocycles. The van der Waals surface area contributed by atoms with Crippen molar-refractivity contribution in [3.8, 4) is 0 Å². The molecule has 0 aromatic carbocycles. The average molecular weight is 295 g/mol. The summed E-state index contributed by atoms with van der Waals surface area (Å²) in [6, 6.07) is 3.47. The Labute approximate surface area is 127 Å². The van der Waals surface area contributed by atoms with E-state index in [1.807, 2.05) is 11.3 Å². The van der Waals surface area contributed by atoms with Gasteiger partial charge in [0.05, 0.1) is 6.04 Å². The number of nitrogens with two attached hydrogens (primary N) is 1. The molecule has 4 atom stereocenters. The minimum atomic E-state index is 0.223. The zero-order valence-electron chi connectivity index (χ0n) is 13.5. The second-order valence-corrected chi connectivity index (χ2v) is 7.39. The van der Waals surface area contributed by atoms with E-state index in [0.717, 1.165) is 19.5 Å². The standard InChI is InChI=1S/C16H29N3S/c1-6-13(17)15(16-11(2)7-8-20-16)19-9-12(3)14(10-19)18(4)5/h7-8,12-15H,6,9-10,17H2,1-5H3. The molecule has 1 aromatic rings. The number of aryl methyl sites for hydroxylation is 1. The van der Waals surface area contributed by atoms with Crippen LogP contribution >= 0.6 is 11.3 Å². The van der Waals surface area contributed by atoms with E-state index in [1.165, 1.54) is 10.4 Å². The van der Waals surface area contributed by atoms with Gasteiger partial charge < -0.3 is 10.6 Å². The Balaban J connectivity index is 2.23. The Morgan fingerprint density at radius 3 is 2.60 bits per heavy atom. The summed E-state index contributed by atoms with van der Waals surface area (Å²) in [4.78, 5) is 6.44. The fourth-order valence-corrected chi connectivity index (χ4v) is 4.56. The van der Waals surface area contributed by atoms with Gasteiger partial charge in [0.2, 0.25) is 0 Å². The van der Waals surface area contributed by atoms with Crippen molar-refractivity contribution in [1.29, 1.82) is 0 Å². The fourth-order valence-electron chi connectivity index (χ4n) is 3.43. The fraction of sp³-hybridized carbons (Fsp3) is 0.750.